The van der Waals surface area contributed by atoms with Crippen LogP contribution in [0.1, 0.15) is 22.5 Å². The number of carbonyl (C=O) groups excluding carboxylic acids is 1. The summed E-state index contributed by atoms with van der Waals surface area (Å²) < 4.78 is 13.0. The summed E-state index contributed by atoms with van der Waals surface area (Å²) in [5.41, 5.74) is 7.02. The third-order valence-corrected chi connectivity index (χ3v) is 4.12. The van der Waals surface area contributed by atoms with E-state index in [2.05, 4.69) is 14.9 Å². The summed E-state index contributed by atoms with van der Waals surface area (Å²) in [6.07, 6.45) is 3.81. The zero-order valence-corrected chi connectivity index (χ0v) is 13.4. The fourth-order valence-electron chi connectivity index (χ4n) is 2.84. The van der Waals surface area contributed by atoms with Crippen molar-refractivity contribution in [3.63, 3.8) is 0 Å². The van der Waals surface area contributed by atoms with Crippen LogP contribution >= 0.6 is 0 Å². The average Bonchev–Trinajstić information content (AvgIpc) is 2.82. The number of anilines is 1. The molecule has 0 spiro atoms. The first-order valence-corrected chi connectivity index (χ1v) is 7.96. The summed E-state index contributed by atoms with van der Waals surface area (Å²) in [5.74, 6) is -0.243. The summed E-state index contributed by atoms with van der Waals surface area (Å²) in [5, 5.41) is 0. The lowest BCUT2D eigenvalue weighted by Gasteiger charge is -2.22. The van der Waals surface area contributed by atoms with Gasteiger partial charge in [0.05, 0.1) is 0 Å². The molecule has 2 aromatic rings. The monoisotopic (exact) mass is 329 g/mol. The van der Waals surface area contributed by atoms with Crippen LogP contribution < -0.4 is 5.73 Å². The first kappa shape index (κ1) is 16.3. The molecule has 1 fully saturated rings. The Morgan fingerprint density at radius 2 is 1.83 bits per heavy atom. The van der Waals surface area contributed by atoms with Crippen molar-refractivity contribution in [1.82, 2.24) is 19.8 Å². The fraction of sp³-hybridized carbons (Fsp3) is 0.353. The molecule has 126 valence electrons. The third-order valence-electron chi connectivity index (χ3n) is 4.12. The van der Waals surface area contributed by atoms with E-state index in [0.29, 0.717) is 13.1 Å². The van der Waals surface area contributed by atoms with E-state index >= 15 is 0 Å². The Balaban J connectivity index is 1.61. The van der Waals surface area contributed by atoms with Crippen LogP contribution in [-0.2, 0) is 6.54 Å². The Bertz CT molecular complexity index is 706. The van der Waals surface area contributed by atoms with Crippen molar-refractivity contribution in [1.29, 1.82) is 0 Å². The highest BCUT2D eigenvalue weighted by molar-refractivity contribution is 5.96. The molecular weight excluding hydrogens is 309 g/mol. The van der Waals surface area contributed by atoms with E-state index in [-0.39, 0.29) is 23.2 Å². The second kappa shape index (κ2) is 7.35. The van der Waals surface area contributed by atoms with E-state index < -0.39 is 0 Å². The van der Waals surface area contributed by atoms with Crippen LogP contribution in [0.2, 0.25) is 0 Å². The molecule has 0 atom stereocenters. The molecular formula is C17H20FN5O. The first-order valence-electron chi connectivity index (χ1n) is 7.96. The summed E-state index contributed by atoms with van der Waals surface area (Å²) in [6, 6.07) is 6.53. The molecule has 3 rings (SSSR count). The SMILES string of the molecule is Nc1nccnc1C(=O)N1CCCN(Cc2ccc(F)cc2)CC1. The predicted molar refractivity (Wildman–Crippen MR) is 88.6 cm³/mol. The van der Waals surface area contributed by atoms with Crippen molar-refractivity contribution in [2.45, 2.75) is 13.0 Å². The normalized spacial score (nSPS) is 16.0. The summed E-state index contributed by atoms with van der Waals surface area (Å²) in [6.45, 7) is 3.65. The summed E-state index contributed by atoms with van der Waals surface area (Å²) >= 11 is 0. The number of hydrogen-bond acceptors (Lipinski definition) is 5. The molecule has 0 saturated carbocycles. The highest BCUT2D eigenvalue weighted by atomic mass is 19.1. The maximum absolute atomic E-state index is 13.0. The molecule has 1 aromatic heterocycles. The molecule has 7 heteroatoms. The van der Waals surface area contributed by atoms with E-state index in [4.69, 9.17) is 5.73 Å². The highest BCUT2D eigenvalue weighted by Crippen LogP contribution is 2.13. The van der Waals surface area contributed by atoms with Crippen LogP contribution in [0.5, 0.6) is 0 Å². The zero-order chi connectivity index (χ0) is 16.9. The van der Waals surface area contributed by atoms with Gasteiger partial charge in [-0.3, -0.25) is 9.69 Å². The second-order valence-corrected chi connectivity index (χ2v) is 5.84. The summed E-state index contributed by atoms with van der Waals surface area (Å²) in [7, 11) is 0. The smallest absolute Gasteiger partial charge is 0.276 e. The van der Waals surface area contributed by atoms with Gasteiger partial charge >= 0.3 is 0 Å². The quantitative estimate of drug-likeness (QED) is 0.924. The Morgan fingerprint density at radius 3 is 2.58 bits per heavy atom. The van der Waals surface area contributed by atoms with E-state index in [9.17, 15) is 9.18 Å². The number of nitrogen functional groups attached to an aromatic ring is 1. The number of nitrogens with zero attached hydrogens (tertiary/aromatic N) is 4. The Kier molecular flexibility index (Phi) is 5.00. The van der Waals surface area contributed by atoms with E-state index in [0.717, 1.165) is 31.6 Å². The van der Waals surface area contributed by atoms with E-state index in [1.807, 2.05) is 0 Å². The van der Waals surface area contributed by atoms with Gasteiger partial charge in [-0.1, -0.05) is 12.1 Å². The minimum atomic E-state index is -0.229. The number of benzene rings is 1. The molecule has 2 heterocycles. The molecule has 1 aliphatic heterocycles. The van der Waals surface area contributed by atoms with Gasteiger partial charge in [-0.2, -0.15) is 0 Å². The Morgan fingerprint density at radius 1 is 1.08 bits per heavy atom. The van der Waals surface area contributed by atoms with E-state index in [1.165, 1.54) is 24.5 Å². The van der Waals surface area contributed by atoms with Crippen LogP contribution in [0.3, 0.4) is 0 Å². The lowest BCUT2D eigenvalue weighted by atomic mass is 10.2. The number of aromatic nitrogens is 2. The van der Waals surface area contributed by atoms with Crippen LogP contribution in [0.4, 0.5) is 10.2 Å². The van der Waals surface area contributed by atoms with Gasteiger partial charge in [-0.15, -0.1) is 0 Å². The lowest BCUT2D eigenvalue weighted by Crippen LogP contribution is -2.36. The zero-order valence-electron chi connectivity index (χ0n) is 13.4. The number of amides is 1. The van der Waals surface area contributed by atoms with Crippen LogP contribution in [0, 0.1) is 5.82 Å². The van der Waals surface area contributed by atoms with Crippen LogP contribution in [-0.4, -0.2) is 51.9 Å². The molecule has 2 N–H and O–H groups in total. The van der Waals surface area contributed by atoms with Crippen molar-refractivity contribution in [2.24, 2.45) is 0 Å². The van der Waals surface area contributed by atoms with Crippen molar-refractivity contribution in [3.05, 3.63) is 53.7 Å². The molecule has 0 unspecified atom stereocenters. The lowest BCUT2D eigenvalue weighted by molar-refractivity contribution is 0.0756. The minimum Gasteiger partial charge on any atom is -0.382 e. The molecule has 1 aromatic carbocycles. The molecule has 1 aliphatic rings. The fourth-order valence-corrected chi connectivity index (χ4v) is 2.84. The van der Waals surface area contributed by atoms with E-state index in [1.54, 1.807) is 17.0 Å². The van der Waals surface area contributed by atoms with Gasteiger partial charge in [0.25, 0.3) is 5.91 Å². The number of halogens is 1. The molecule has 24 heavy (non-hydrogen) atoms. The summed E-state index contributed by atoms with van der Waals surface area (Å²) in [4.78, 5) is 24.6. The Labute approximate surface area is 140 Å². The van der Waals surface area contributed by atoms with Gasteiger partial charge in [0, 0.05) is 45.1 Å². The first-order chi connectivity index (χ1) is 11.6. The van der Waals surface area contributed by atoms with Gasteiger partial charge in [0.2, 0.25) is 0 Å². The maximum Gasteiger partial charge on any atom is 0.276 e. The standard InChI is InChI=1S/C17H20FN5O/c18-14-4-2-13(3-5-14)12-22-8-1-9-23(11-10-22)17(24)15-16(19)21-7-6-20-15/h2-7H,1,8-12H2,(H2,19,21). The second-order valence-electron chi connectivity index (χ2n) is 5.84. The maximum atomic E-state index is 13.0. The van der Waals surface area contributed by atoms with Crippen molar-refractivity contribution >= 4 is 11.7 Å². The molecule has 0 radical (unpaired) electrons. The molecule has 0 bridgehead atoms. The van der Waals surface area contributed by atoms with Gasteiger partial charge in [-0.25, -0.2) is 14.4 Å². The largest absolute Gasteiger partial charge is 0.382 e. The van der Waals surface area contributed by atoms with Crippen molar-refractivity contribution in [2.75, 3.05) is 31.9 Å². The average molecular weight is 329 g/mol. The van der Waals surface area contributed by atoms with Crippen LogP contribution in [0.25, 0.3) is 0 Å². The number of nitrogens with two attached hydrogens (primary N) is 1. The highest BCUT2D eigenvalue weighted by Gasteiger charge is 2.23. The van der Waals surface area contributed by atoms with Crippen molar-refractivity contribution < 1.29 is 9.18 Å². The van der Waals surface area contributed by atoms with Crippen molar-refractivity contribution in [3.8, 4) is 0 Å². The van der Waals surface area contributed by atoms with Gasteiger partial charge in [0.15, 0.2) is 11.5 Å². The molecule has 0 aliphatic carbocycles. The predicted octanol–water partition coefficient (Wildman–Crippen LogP) is 1.55. The number of rotatable bonds is 3. The number of hydrogen-bond donors (Lipinski definition) is 1. The topological polar surface area (TPSA) is 75.3 Å². The number of carbonyl (C=O) groups is 1. The molecule has 1 saturated heterocycles. The molecule has 6 nitrogen and oxygen atoms in total. The third kappa shape index (κ3) is 3.86. The molecule has 1 amide bonds. The van der Waals surface area contributed by atoms with Gasteiger partial charge < -0.3 is 10.6 Å². The minimum absolute atomic E-state index is 0.162. The van der Waals surface area contributed by atoms with Crippen LogP contribution in [0.15, 0.2) is 36.7 Å². The van der Waals surface area contributed by atoms with Gasteiger partial charge in [-0.05, 0) is 24.1 Å². The van der Waals surface area contributed by atoms with Gasteiger partial charge in [0.1, 0.15) is 5.82 Å². The Hall–Kier alpha value is -2.54.